The van der Waals surface area contributed by atoms with Gasteiger partial charge in [-0.15, -0.1) is 0 Å². The highest BCUT2D eigenvalue weighted by atomic mass is 79.9. The van der Waals surface area contributed by atoms with Crippen molar-refractivity contribution in [2.75, 3.05) is 0 Å². The van der Waals surface area contributed by atoms with Gasteiger partial charge in [0.15, 0.2) is 0 Å². The number of hydrogen-bond acceptors (Lipinski definition) is 0. The van der Waals surface area contributed by atoms with Crippen molar-refractivity contribution in [2.45, 2.75) is 30.5 Å². The van der Waals surface area contributed by atoms with Crippen molar-refractivity contribution in [1.82, 2.24) is 0 Å². The molecule has 2 aliphatic carbocycles. The molecule has 0 aliphatic heterocycles. The fraction of sp³-hybridized carbons (Fsp3) is 0.429. The lowest BCUT2D eigenvalue weighted by Gasteiger charge is -2.19. The summed E-state index contributed by atoms with van der Waals surface area (Å²) in [6.45, 7) is 0. The number of alkyl halides is 1. The quantitative estimate of drug-likeness (QED) is 0.547. The standard InChI is InChI=1S/C14H15Br/c15-9-10-1-4-12(5-2-10)14-8-11-3-6-13(14)7-11/h1-5,13-14H,6-9H2. The molecule has 2 bridgehead atoms. The molecule has 0 nitrogen and oxygen atoms in total. The second-order valence-electron chi connectivity index (χ2n) is 4.75. The summed E-state index contributed by atoms with van der Waals surface area (Å²) in [7, 11) is 0. The Kier molecular flexibility index (Phi) is 2.44. The largest absolute Gasteiger partial charge is 0.0876 e. The van der Waals surface area contributed by atoms with Crippen LogP contribution < -0.4 is 0 Å². The average molecular weight is 263 g/mol. The summed E-state index contributed by atoms with van der Waals surface area (Å²) in [6, 6.07) is 9.15. The van der Waals surface area contributed by atoms with Gasteiger partial charge < -0.3 is 0 Å². The fourth-order valence-electron chi connectivity index (χ4n) is 2.99. The topological polar surface area (TPSA) is 0 Å². The van der Waals surface area contributed by atoms with E-state index in [0.29, 0.717) is 0 Å². The SMILES string of the molecule is BrCc1ccc(C2CC3=CCC2C3)cc1. The van der Waals surface area contributed by atoms with Crippen LogP contribution in [0.5, 0.6) is 0 Å². The molecule has 3 rings (SSSR count). The molecule has 15 heavy (non-hydrogen) atoms. The molecule has 0 aromatic heterocycles. The van der Waals surface area contributed by atoms with Crippen LogP contribution in [0.2, 0.25) is 0 Å². The van der Waals surface area contributed by atoms with Crippen LogP contribution in [0.1, 0.15) is 36.3 Å². The molecule has 0 heterocycles. The summed E-state index contributed by atoms with van der Waals surface area (Å²) >= 11 is 3.49. The summed E-state index contributed by atoms with van der Waals surface area (Å²) < 4.78 is 0. The lowest BCUT2D eigenvalue weighted by molar-refractivity contribution is 0.496. The van der Waals surface area contributed by atoms with Gasteiger partial charge in [0.2, 0.25) is 0 Å². The van der Waals surface area contributed by atoms with Crippen LogP contribution in [0.3, 0.4) is 0 Å². The van der Waals surface area contributed by atoms with Crippen molar-refractivity contribution in [3.63, 3.8) is 0 Å². The van der Waals surface area contributed by atoms with Crippen LogP contribution in [0.25, 0.3) is 0 Å². The zero-order valence-corrected chi connectivity index (χ0v) is 10.3. The number of hydrogen-bond donors (Lipinski definition) is 0. The number of benzene rings is 1. The first-order valence-electron chi connectivity index (χ1n) is 5.69. The van der Waals surface area contributed by atoms with E-state index in [9.17, 15) is 0 Å². The van der Waals surface area contributed by atoms with Crippen LogP contribution in [0, 0.1) is 5.92 Å². The molecule has 2 unspecified atom stereocenters. The zero-order valence-electron chi connectivity index (χ0n) is 8.75. The Bertz CT molecular complexity index is 388. The van der Waals surface area contributed by atoms with Gasteiger partial charge in [-0.05, 0) is 42.2 Å². The van der Waals surface area contributed by atoms with Gasteiger partial charge in [0.05, 0.1) is 0 Å². The van der Waals surface area contributed by atoms with E-state index < -0.39 is 0 Å². The Morgan fingerprint density at radius 1 is 1.13 bits per heavy atom. The zero-order chi connectivity index (χ0) is 10.3. The Labute approximate surface area is 99.5 Å². The monoisotopic (exact) mass is 262 g/mol. The third-order valence-electron chi connectivity index (χ3n) is 3.85. The minimum absolute atomic E-state index is 0.814. The van der Waals surface area contributed by atoms with Crippen LogP contribution in [-0.4, -0.2) is 0 Å². The number of halogens is 1. The summed E-state index contributed by atoms with van der Waals surface area (Å²) in [5.74, 6) is 1.73. The minimum Gasteiger partial charge on any atom is -0.0876 e. The van der Waals surface area contributed by atoms with Crippen LogP contribution in [-0.2, 0) is 5.33 Å². The van der Waals surface area contributed by atoms with Gasteiger partial charge in [0, 0.05) is 5.33 Å². The Balaban J connectivity index is 1.84. The van der Waals surface area contributed by atoms with Crippen LogP contribution >= 0.6 is 15.9 Å². The molecule has 0 radical (unpaired) electrons. The molecule has 2 atom stereocenters. The predicted octanol–water partition coefficient (Wildman–Crippen LogP) is 4.41. The van der Waals surface area contributed by atoms with Crippen LogP contribution in [0.15, 0.2) is 35.9 Å². The molecule has 1 fully saturated rings. The first-order valence-corrected chi connectivity index (χ1v) is 6.81. The van der Waals surface area contributed by atoms with Gasteiger partial charge in [0.25, 0.3) is 0 Å². The van der Waals surface area contributed by atoms with Gasteiger partial charge in [-0.25, -0.2) is 0 Å². The van der Waals surface area contributed by atoms with Crippen molar-refractivity contribution < 1.29 is 0 Å². The third kappa shape index (κ3) is 1.67. The summed E-state index contributed by atoms with van der Waals surface area (Å²) in [4.78, 5) is 0. The molecule has 1 aromatic rings. The van der Waals surface area contributed by atoms with E-state index in [1.54, 1.807) is 11.1 Å². The van der Waals surface area contributed by atoms with Gasteiger partial charge in [-0.1, -0.05) is 51.8 Å². The van der Waals surface area contributed by atoms with Gasteiger partial charge in [-0.2, -0.15) is 0 Å². The van der Waals surface area contributed by atoms with E-state index in [0.717, 1.165) is 17.2 Å². The molecular weight excluding hydrogens is 248 g/mol. The lowest BCUT2D eigenvalue weighted by atomic mass is 9.85. The summed E-state index contributed by atoms with van der Waals surface area (Å²) in [5, 5.41) is 0.965. The highest BCUT2D eigenvalue weighted by molar-refractivity contribution is 9.08. The highest BCUT2D eigenvalue weighted by Crippen LogP contribution is 2.49. The molecule has 2 aliphatic rings. The molecule has 78 valence electrons. The maximum absolute atomic E-state index is 3.49. The van der Waals surface area contributed by atoms with Gasteiger partial charge in [-0.3, -0.25) is 0 Å². The second kappa shape index (κ2) is 3.79. The first-order chi connectivity index (χ1) is 7.36. The molecule has 1 aromatic carbocycles. The van der Waals surface area contributed by atoms with E-state index in [2.05, 4.69) is 46.3 Å². The van der Waals surface area contributed by atoms with Gasteiger partial charge in [0.1, 0.15) is 0 Å². The molecular formula is C14H15Br. The maximum atomic E-state index is 3.49. The molecule has 1 heteroatoms. The van der Waals surface area contributed by atoms with Crippen molar-refractivity contribution in [2.24, 2.45) is 5.92 Å². The third-order valence-corrected chi connectivity index (χ3v) is 4.49. The Morgan fingerprint density at radius 3 is 2.47 bits per heavy atom. The fourth-order valence-corrected chi connectivity index (χ4v) is 3.36. The second-order valence-corrected chi connectivity index (χ2v) is 5.31. The Morgan fingerprint density at radius 2 is 1.93 bits per heavy atom. The van der Waals surface area contributed by atoms with E-state index in [1.165, 1.54) is 24.8 Å². The van der Waals surface area contributed by atoms with E-state index in [4.69, 9.17) is 0 Å². The predicted molar refractivity (Wildman–Crippen MR) is 67.2 cm³/mol. The van der Waals surface area contributed by atoms with Crippen LogP contribution in [0.4, 0.5) is 0 Å². The average Bonchev–Trinajstić information content (AvgIpc) is 2.91. The molecule has 0 N–H and O–H groups in total. The minimum atomic E-state index is 0.814. The van der Waals surface area contributed by atoms with E-state index >= 15 is 0 Å². The van der Waals surface area contributed by atoms with Crippen molar-refractivity contribution in [1.29, 1.82) is 0 Å². The number of allylic oxidation sites excluding steroid dienone is 2. The first kappa shape index (κ1) is 9.65. The normalized spacial score (nSPS) is 28.2. The van der Waals surface area contributed by atoms with E-state index in [-0.39, 0.29) is 0 Å². The summed E-state index contributed by atoms with van der Waals surface area (Å²) in [5.41, 5.74) is 4.63. The molecule has 0 saturated heterocycles. The van der Waals surface area contributed by atoms with Gasteiger partial charge >= 0.3 is 0 Å². The molecule has 1 saturated carbocycles. The van der Waals surface area contributed by atoms with Crippen molar-refractivity contribution in [3.05, 3.63) is 47.0 Å². The number of rotatable bonds is 2. The Hall–Kier alpha value is -0.560. The smallest absolute Gasteiger partial charge is 0.0283 e. The van der Waals surface area contributed by atoms with E-state index in [1.807, 2.05) is 0 Å². The molecule has 0 amide bonds. The lowest BCUT2D eigenvalue weighted by Crippen LogP contribution is -2.05. The maximum Gasteiger partial charge on any atom is 0.0283 e. The molecule has 0 spiro atoms. The van der Waals surface area contributed by atoms with Crippen molar-refractivity contribution >= 4 is 15.9 Å². The highest BCUT2D eigenvalue weighted by Gasteiger charge is 2.34. The van der Waals surface area contributed by atoms with Crippen molar-refractivity contribution in [3.8, 4) is 0 Å². The summed E-state index contributed by atoms with van der Waals surface area (Å²) in [6.07, 6.45) is 6.46. The number of fused-ring (bicyclic) bond motifs is 2.